The molecule has 8 nitrogen and oxygen atoms in total. The van der Waals surface area contributed by atoms with Crippen molar-refractivity contribution in [3.8, 4) is 0 Å². The molecule has 0 unspecified atom stereocenters. The number of esters is 1. The Kier molecular flexibility index (Phi) is 7.86. The van der Waals surface area contributed by atoms with E-state index in [1.807, 2.05) is 44.4 Å². The molecule has 4 amide bonds. The molecule has 9 heteroatoms. The van der Waals surface area contributed by atoms with Gasteiger partial charge in [-0.05, 0) is 30.4 Å². The minimum Gasteiger partial charge on any atom is -0.455 e. The van der Waals surface area contributed by atoms with Crippen LogP contribution in [0.15, 0.2) is 29.2 Å². The molecule has 1 aliphatic rings. The van der Waals surface area contributed by atoms with Crippen LogP contribution < -0.4 is 15.5 Å². The largest absolute Gasteiger partial charge is 0.455 e. The molecule has 1 atom stereocenters. The Morgan fingerprint density at radius 3 is 2.75 bits per heavy atom. The van der Waals surface area contributed by atoms with Gasteiger partial charge in [-0.2, -0.15) is 0 Å². The van der Waals surface area contributed by atoms with Gasteiger partial charge in [0.2, 0.25) is 5.91 Å². The first-order chi connectivity index (χ1) is 13.3. The van der Waals surface area contributed by atoms with Crippen LogP contribution in [0.25, 0.3) is 0 Å². The molecule has 0 spiro atoms. The van der Waals surface area contributed by atoms with Crippen LogP contribution in [-0.4, -0.2) is 49.8 Å². The summed E-state index contributed by atoms with van der Waals surface area (Å²) in [5.41, 5.74) is 0.728. The predicted octanol–water partition coefficient (Wildman–Crippen LogP) is 1.79. The summed E-state index contributed by atoms with van der Waals surface area (Å²) in [7, 11) is 0. The van der Waals surface area contributed by atoms with Gasteiger partial charge in [-0.3, -0.25) is 19.7 Å². The number of imide groups is 1. The highest BCUT2D eigenvalue weighted by Crippen LogP contribution is 2.28. The number of hydrogen-bond acceptors (Lipinski definition) is 6. The number of carbonyl (C=O) groups excluding carboxylic acids is 4. The number of urea groups is 1. The molecule has 1 fully saturated rings. The summed E-state index contributed by atoms with van der Waals surface area (Å²) in [5, 5.41) is 4.62. The van der Waals surface area contributed by atoms with E-state index in [4.69, 9.17) is 4.74 Å². The zero-order valence-electron chi connectivity index (χ0n) is 16.2. The number of benzene rings is 1. The molecular formula is C19H25N3O5S. The first-order valence-corrected chi connectivity index (χ1v) is 10.2. The van der Waals surface area contributed by atoms with Gasteiger partial charge in [-0.1, -0.05) is 19.9 Å². The zero-order valence-corrected chi connectivity index (χ0v) is 17.0. The second kappa shape index (κ2) is 10.1. The van der Waals surface area contributed by atoms with Crippen molar-refractivity contribution in [1.29, 1.82) is 0 Å². The monoisotopic (exact) mass is 407 g/mol. The number of carbonyl (C=O) groups is 4. The molecule has 152 valence electrons. The van der Waals surface area contributed by atoms with Crippen LogP contribution in [0.4, 0.5) is 10.5 Å². The average Bonchev–Trinajstić information content (AvgIpc) is 3.06. The highest BCUT2D eigenvalue weighted by molar-refractivity contribution is 7.98. The third-order valence-electron chi connectivity index (χ3n) is 4.09. The smallest absolute Gasteiger partial charge is 0.321 e. The van der Waals surface area contributed by atoms with E-state index >= 15 is 0 Å². The maximum atomic E-state index is 12.3. The first-order valence-electron chi connectivity index (χ1n) is 8.99. The van der Waals surface area contributed by atoms with Crippen LogP contribution in [0.3, 0.4) is 0 Å². The normalized spacial score (nSPS) is 16.2. The quantitative estimate of drug-likeness (QED) is 0.527. The lowest BCUT2D eigenvalue weighted by molar-refractivity contribution is -0.152. The van der Waals surface area contributed by atoms with Gasteiger partial charge in [0.15, 0.2) is 6.61 Å². The molecule has 1 aromatic carbocycles. The van der Waals surface area contributed by atoms with Crippen molar-refractivity contribution in [3.63, 3.8) is 0 Å². The second-order valence-electron chi connectivity index (χ2n) is 6.87. The Morgan fingerprint density at radius 2 is 2.07 bits per heavy atom. The maximum Gasteiger partial charge on any atom is 0.321 e. The molecule has 1 aliphatic heterocycles. The Morgan fingerprint density at radius 1 is 1.32 bits per heavy atom. The molecule has 1 aromatic rings. The summed E-state index contributed by atoms with van der Waals surface area (Å²) in [5.74, 6) is -1.91. The Bertz CT molecular complexity index is 753. The maximum absolute atomic E-state index is 12.3. The summed E-state index contributed by atoms with van der Waals surface area (Å²) in [6.07, 6.45) is 1.97. The van der Waals surface area contributed by atoms with Crippen LogP contribution in [0, 0.1) is 11.8 Å². The predicted molar refractivity (Wildman–Crippen MR) is 106 cm³/mol. The fraction of sp³-hybridized carbons (Fsp3) is 0.474. The van der Waals surface area contributed by atoms with Crippen molar-refractivity contribution in [2.24, 2.45) is 11.8 Å². The molecule has 28 heavy (non-hydrogen) atoms. The van der Waals surface area contributed by atoms with Crippen molar-refractivity contribution in [3.05, 3.63) is 24.3 Å². The van der Waals surface area contributed by atoms with Gasteiger partial charge < -0.3 is 15.0 Å². The van der Waals surface area contributed by atoms with Gasteiger partial charge in [0.05, 0.1) is 5.92 Å². The zero-order chi connectivity index (χ0) is 20.7. The second-order valence-corrected chi connectivity index (χ2v) is 7.75. The van der Waals surface area contributed by atoms with Crippen LogP contribution in [0.1, 0.15) is 20.3 Å². The number of anilines is 1. The van der Waals surface area contributed by atoms with Crippen molar-refractivity contribution in [1.82, 2.24) is 10.6 Å². The van der Waals surface area contributed by atoms with Gasteiger partial charge in [-0.15, -0.1) is 11.8 Å². The number of rotatable bonds is 7. The summed E-state index contributed by atoms with van der Waals surface area (Å²) in [4.78, 5) is 50.3. The van der Waals surface area contributed by atoms with Crippen molar-refractivity contribution in [2.75, 3.05) is 30.9 Å². The third-order valence-corrected chi connectivity index (χ3v) is 4.82. The van der Waals surface area contributed by atoms with E-state index in [1.165, 1.54) is 0 Å². The number of hydrogen-bond donors (Lipinski definition) is 2. The number of amides is 4. The number of ether oxygens (including phenoxy) is 1. The van der Waals surface area contributed by atoms with E-state index in [2.05, 4.69) is 10.6 Å². The third kappa shape index (κ3) is 6.26. The SMILES string of the molecule is CSc1cccc(N2C[C@@H](C(=O)OCC(=O)NC(=O)NCC(C)C)CC2=O)c1. The summed E-state index contributed by atoms with van der Waals surface area (Å²) < 4.78 is 4.98. The van der Waals surface area contributed by atoms with Crippen LogP contribution >= 0.6 is 11.8 Å². The standard InChI is InChI=1S/C19H25N3O5S/c1-12(2)9-20-19(26)21-16(23)11-27-18(25)13-7-17(24)22(10-13)14-5-4-6-15(8-14)28-3/h4-6,8,12-13H,7,9-11H2,1-3H3,(H2,20,21,23,26)/t13-/m0/s1. The van der Waals surface area contributed by atoms with E-state index in [9.17, 15) is 19.2 Å². The Balaban J connectivity index is 1.82. The summed E-state index contributed by atoms with van der Waals surface area (Å²) >= 11 is 1.56. The van der Waals surface area contributed by atoms with Gasteiger partial charge in [0.25, 0.3) is 5.91 Å². The molecule has 0 bridgehead atoms. The molecule has 2 N–H and O–H groups in total. The van der Waals surface area contributed by atoms with E-state index in [0.717, 1.165) is 10.6 Å². The number of nitrogens with one attached hydrogen (secondary N) is 2. The molecule has 2 rings (SSSR count). The van der Waals surface area contributed by atoms with Crippen LogP contribution in [0.2, 0.25) is 0 Å². The van der Waals surface area contributed by atoms with E-state index < -0.39 is 30.4 Å². The van der Waals surface area contributed by atoms with Gasteiger partial charge >= 0.3 is 12.0 Å². The minimum absolute atomic E-state index is 0.0266. The molecule has 1 saturated heterocycles. The van der Waals surface area contributed by atoms with Gasteiger partial charge in [-0.25, -0.2) is 4.79 Å². The highest BCUT2D eigenvalue weighted by Gasteiger charge is 2.36. The van der Waals surface area contributed by atoms with Crippen molar-refractivity contribution < 1.29 is 23.9 Å². The van der Waals surface area contributed by atoms with Crippen LogP contribution in [-0.2, 0) is 19.1 Å². The van der Waals surface area contributed by atoms with E-state index in [0.29, 0.717) is 6.54 Å². The fourth-order valence-electron chi connectivity index (χ4n) is 2.65. The fourth-order valence-corrected chi connectivity index (χ4v) is 3.10. The van der Waals surface area contributed by atoms with Gasteiger partial charge in [0, 0.05) is 30.1 Å². The van der Waals surface area contributed by atoms with Crippen molar-refractivity contribution in [2.45, 2.75) is 25.2 Å². The van der Waals surface area contributed by atoms with Crippen LogP contribution in [0.5, 0.6) is 0 Å². The van der Waals surface area contributed by atoms with E-state index in [1.54, 1.807) is 16.7 Å². The number of thioether (sulfide) groups is 1. The van der Waals surface area contributed by atoms with Gasteiger partial charge in [0.1, 0.15) is 0 Å². The first kappa shape index (κ1) is 21.7. The molecule has 0 radical (unpaired) electrons. The Labute approximate surface area is 168 Å². The lowest BCUT2D eigenvalue weighted by Crippen LogP contribution is -2.42. The molecule has 0 aromatic heterocycles. The lowest BCUT2D eigenvalue weighted by atomic mass is 10.1. The Hall–Kier alpha value is -2.55. The number of nitrogens with zero attached hydrogens (tertiary/aromatic N) is 1. The molecule has 0 aliphatic carbocycles. The van der Waals surface area contributed by atoms with Crippen molar-refractivity contribution >= 4 is 41.3 Å². The molecule has 0 saturated carbocycles. The summed E-state index contributed by atoms with van der Waals surface area (Å²) in [6, 6.07) is 6.87. The molecular weight excluding hydrogens is 382 g/mol. The topological polar surface area (TPSA) is 105 Å². The van der Waals surface area contributed by atoms with E-state index in [-0.39, 0.29) is 24.8 Å². The average molecular weight is 407 g/mol. The molecule has 1 heterocycles. The highest BCUT2D eigenvalue weighted by atomic mass is 32.2. The minimum atomic E-state index is -0.719. The summed E-state index contributed by atoms with van der Waals surface area (Å²) in [6.45, 7) is 3.91. The lowest BCUT2D eigenvalue weighted by Gasteiger charge is -2.17.